The van der Waals surface area contributed by atoms with Crippen molar-refractivity contribution in [2.45, 2.75) is 40.2 Å². The van der Waals surface area contributed by atoms with Crippen LogP contribution in [-0.4, -0.2) is 22.6 Å². The highest BCUT2D eigenvalue weighted by Gasteiger charge is 2.22. The molecule has 5 nitrogen and oxygen atoms in total. The van der Waals surface area contributed by atoms with Crippen LogP contribution >= 0.6 is 0 Å². The summed E-state index contributed by atoms with van der Waals surface area (Å²) in [6, 6.07) is 4.00. The highest BCUT2D eigenvalue weighted by Crippen LogP contribution is 2.21. The van der Waals surface area contributed by atoms with Crippen LogP contribution in [0.15, 0.2) is 23.5 Å². The average Bonchev–Trinajstić information content (AvgIpc) is 2.39. The monoisotopic (exact) mass is 264 g/mol. The molecule has 1 aromatic rings. The van der Waals surface area contributed by atoms with E-state index < -0.39 is 0 Å². The maximum atomic E-state index is 8.69. The van der Waals surface area contributed by atoms with E-state index in [2.05, 4.69) is 28.4 Å². The standard InChI is InChI=1S/C14H24N4O/c1-11-6-4-9-17-12(11)10-16-8-5-7-14(2,3)13(15)18-19/h4,6,9,16,19H,5,7-8,10H2,1-3H3,(H2,15,18). The van der Waals surface area contributed by atoms with E-state index in [1.54, 1.807) is 0 Å². The molecule has 0 aliphatic carbocycles. The van der Waals surface area contributed by atoms with Gasteiger partial charge in [-0.1, -0.05) is 25.1 Å². The maximum absolute atomic E-state index is 8.69. The molecule has 0 spiro atoms. The Morgan fingerprint density at radius 2 is 2.26 bits per heavy atom. The van der Waals surface area contributed by atoms with Crippen molar-refractivity contribution < 1.29 is 5.21 Å². The maximum Gasteiger partial charge on any atom is 0.144 e. The normalized spacial score (nSPS) is 12.7. The molecule has 0 saturated heterocycles. The molecule has 1 aromatic heterocycles. The molecule has 0 saturated carbocycles. The van der Waals surface area contributed by atoms with E-state index in [0.717, 1.165) is 31.6 Å². The molecular weight excluding hydrogens is 240 g/mol. The van der Waals surface area contributed by atoms with Crippen LogP contribution in [-0.2, 0) is 6.54 Å². The predicted molar refractivity (Wildman–Crippen MR) is 77.1 cm³/mol. The molecule has 0 amide bonds. The summed E-state index contributed by atoms with van der Waals surface area (Å²) in [5.41, 5.74) is 7.66. The first-order chi connectivity index (χ1) is 8.97. The van der Waals surface area contributed by atoms with Crippen molar-refractivity contribution in [3.8, 4) is 0 Å². The lowest BCUT2D eigenvalue weighted by Crippen LogP contribution is -2.32. The van der Waals surface area contributed by atoms with Crippen LogP contribution in [0.2, 0.25) is 0 Å². The minimum absolute atomic E-state index is 0.267. The second-order valence-electron chi connectivity index (χ2n) is 5.42. The first kappa shape index (κ1) is 15.4. The Labute approximate surface area is 114 Å². The second kappa shape index (κ2) is 7.09. The number of aromatic nitrogens is 1. The topological polar surface area (TPSA) is 83.5 Å². The van der Waals surface area contributed by atoms with E-state index in [1.165, 1.54) is 5.56 Å². The lowest BCUT2D eigenvalue weighted by Gasteiger charge is -2.22. The largest absolute Gasteiger partial charge is 0.409 e. The van der Waals surface area contributed by atoms with Gasteiger partial charge in [0.1, 0.15) is 5.84 Å². The van der Waals surface area contributed by atoms with Gasteiger partial charge in [-0.25, -0.2) is 0 Å². The third-order valence-corrected chi connectivity index (χ3v) is 3.37. The van der Waals surface area contributed by atoms with Crippen molar-refractivity contribution in [2.24, 2.45) is 16.3 Å². The number of oxime groups is 1. The fourth-order valence-corrected chi connectivity index (χ4v) is 1.83. The van der Waals surface area contributed by atoms with Crippen LogP contribution in [0.5, 0.6) is 0 Å². The molecule has 5 heteroatoms. The molecule has 0 radical (unpaired) electrons. The number of aryl methyl sites for hydroxylation is 1. The molecule has 106 valence electrons. The highest BCUT2D eigenvalue weighted by molar-refractivity contribution is 5.85. The van der Waals surface area contributed by atoms with E-state index in [9.17, 15) is 0 Å². The predicted octanol–water partition coefficient (Wildman–Crippen LogP) is 2.03. The van der Waals surface area contributed by atoms with Gasteiger partial charge in [0.05, 0.1) is 5.69 Å². The summed E-state index contributed by atoms with van der Waals surface area (Å²) in [4.78, 5) is 4.33. The molecule has 4 N–H and O–H groups in total. The lowest BCUT2D eigenvalue weighted by atomic mass is 9.86. The van der Waals surface area contributed by atoms with Gasteiger partial charge in [-0.15, -0.1) is 0 Å². The number of rotatable bonds is 7. The van der Waals surface area contributed by atoms with Gasteiger partial charge in [0.25, 0.3) is 0 Å². The first-order valence-electron chi connectivity index (χ1n) is 6.56. The summed E-state index contributed by atoms with van der Waals surface area (Å²) in [6.45, 7) is 7.68. The Kier molecular flexibility index (Phi) is 5.76. The van der Waals surface area contributed by atoms with Crippen LogP contribution in [0.25, 0.3) is 0 Å². The molecule has 0 fully saturated rings. The summed E-state index contributed by atoms with van der Waals surface area (Å²) in [5, 5.41) is 15.1. The van der Waals surface area contributed by atoms with Gasteiger partial charge in [0, 0.05) is 18.2 Å². The smallest absolute Gasteiger partial charge is 0.144 e. The Hall–Kier alpha value is -1.62. The summed E-state index contributed by atoms with van der Waals surface area (Å²) in [5.74, 6) is 0.285. The van der Waals surface area contributed by atoms with Crippen molar-refractivity contribution in [2.75, 3.05) is 6.54 Å². The van der Waals surface area contributed by atoms with Gasteiger partial charge < -0.3 is 16.3 Å². The Bertz CT molecular complexity index is 429. The molecule has 0 aliphatic heterocycles. The molecule has 19 heavy (non-hydrogen) atoms. The number of nitrogens with one attached hydrogen (secondary N) is 1. The van der Waals surface area contributed by atoms with E-state index in [1.807, 2.05) is 26.1 Å². The molecule has 0 unspecified atom stereocenters. The molecule has 0 atom stereocenters. The molecule has 1 rings (SSSR count). The van der Waals surface area contributed by atoms with Crippen molar-refractivity contribution in [1.29, 1.82) is 0 Å². The third-order valence-electron chi connectivity index (χ3n) is 3.37. The first-order valence-corrected chi connectivity index (χ1v) is 6.56. The van der Waals surface area contributed by atoms with Crippen molar-refractivity contribution >= 4 is 5.84 Å². The Balaban J connectivity index is 2.27. The Morgan fingerprint density at radius 1 is 1.53 bits per heavy atom. The molecule has 0 bridgehead atoms. The zero-order chi connectivity index (χ0) is 14.3. The van der Waals surface area contributed by atoms with Crippen LogP contribution in [0.1, 0.15) is 37.9 Å². The van der Waals surface area contributed by atoms with Crippen LogP contribution in [0, 0.1) is 12.3 Å². The zero-order valence-electron chi connectivity index (χ0n) is 12.0. The third kappa shape index (κ3) is 4.87. The SMILES string of the molecule is Cc1cccnc1CNCCCC(C)(C)C(N)=NO. The van der Waals surface area contributed by atoms with Gasteiger partial charge in [-0.05, 0) is 37.9 Å². The van der Waals surface area contributed by atoms with Crippen molar-refractivity contribution in [3.05, 3.63) is 29.6 Å². The number of amidine groups is 1. The molecule has 1 heterocycles. The number of nitrogens with zero attached hydrogens (tertiary/aromatic N) is 2. The Morgan fingerprint density at radius 3 is 2.89 bits per heavy atom. The molecule has 0 aliphatic rings. The molecule has 0 aromatic carbocycles. The number of pyridine rings is 1. The van der Waals surface area contributed by atoms with Gasteiger partial charge in [0.15, 0.2) is 0 Å². The summed E-state index contributed by atoms with van der Waals surface area (Å²) < 4.78 is 0. The fraction of sp³-hybridized carbons (Fsp3) is 0.571. The van der Waals surface area contributed by atoms with Gasteiger partial charge >= 0.3 is 0 Å². The van der Waals surface area contributed by atoms with Gasteiger partial charge in [-0.2, -0.15) is 0 Å². The highest BCUT2D eigenvalue weighted by atomic mass is 16.4. The van der Waals surface area contributed by atoms with E-state index in [4.69, 9.17) is 10.9 Å². The number of nitrogens with two attached hydrogens (primary N) is 1. The van der Waals surface area contributed by atoms with Crippen LogP contribution in [0.4, 0.5) is 0 Å². The summed E-state index contributed by atoms with van der Waals surface area (Å²) in [6.07, 6.45) is 3.65. The van der Waals surface area contributed by atoms with E-state index >= 15 is 0 Å². The van der Waals surface area contributed by atoms with E-state index in [-0.39, 0.29) is 11.3 Å². The minimum atomic E-state index is -0.267. The van der Waals surface area contributed by atoms with E-state index in [0.29, 0.717) is 0 Å². The summed E-state index contributed by atoms with van der Waals surface area (Å²) in [7, 11) is 0. The fourth-order valence-electron chi connectivity index (χ4n) is 1.83. The zero-order valence-corrected chi connectivity index (χ0v) is 12.0. The average molecular weight is 264 g/mol. The summed E-state index contributed by atoms with van der Waals surface area (Å²) >= 11 is 0. The quantitative estimate of drug-likeness (QED) is 0.231. The molecular formula is C14H24N4O. The minimum Gasteiger partial charge on any atom is -0.409 e. The van der Waals surface area contributed by atoms with Gasteiger partial charge in [-0.3, -0.25) is 4.98 Å². The van der Waals surface area contributed by atoms with Crippen molar-refractivity contribution in [3.63, 3.8) is 0 Å². The van der Waals surface area contributed by atoms with Crippen molar-refractivity contribution in [1.82, 2.24) is 10.3 Å². The van der Waals surface area contributed by atoms with Crippen LogP contribution in [0.3, 0.4) is 0 Å². The van der Waals surface area contributed by atoms with Crippen LogP contribution < -0.4 is 11.1 Å². The lowest BCUT2D eigenvalue weighted by molar-refractivity contribution is 0.304. The second-order valence-corrected chi connectivity index (χ2v) is 5.42. The number of hydrogen-bond acceptors (Lipinski definition) is 4. The number of hydrogen-bond donors (Lipinski definition) is 3. The van der Waals surface area contributed by atoms with Gasteiger partial charge in [0.2, 0.25) is 0 Å².